The summed E-state index contributed by atoms with van der Waals surface area (Å²) in [4.78, 5) is 0. The van der Waals surface area contributed by atoms with E-state index in [1.165, 1.54) is 0 Å². The van der Waals surface area contributed by atoms with Gasteiger partial charge in [0.2, 0.25) is 0 Å². The summed E-state index contributed by atoms with van der Waals surface area (Å²) in [6, 6.07) is 0. The Bertz CT molecular complexity index is 61.7. The maximum Gasteiger partial charge on any atom is 0.199 e. The second kappa shape index (κ2) is 1.27. The first-order chi connectivity index (χ1) is 2.50. The van der Waals surface area contributed by atoms with Crippen LogP contribution in [0.1, 0.15) is 0 Å². The largest absolute Gasteiger partial charge is 0.199 e. The molecular formula is C4H4Cl+. The molecule has 0 aromatic heterocycles. The van der Waals surface area contributed by atoms with Gasteiger partial charge in [0.1, 0.15) is 0 Å². The second-order valence-corrected chi connectivity index (χ2v) is 1.52. The predicted molar refractivity (Wildman–Crippen MR) is 18.3 cm³/mol. The highest BCUT2D eigenvalue weighted by molar-refractivity contribution is 4.98. The highest BCUT2D eigenvalue weighted by Crippen LogP contribution is 1.89. The first-order valence-electron chi connectivity index (χ1n) is 1.44. The van der Waals surface area contributed by atoms with E-state index in [-0.39, 0.29) is 0 Å². The maximum atomic E-state index is 2.10. The Morgan fingerprint density at radius 3 is 1.80 bits per heavy atom. The fourth-order valence-corrected chi connectivity index (χ4v) is 0.630. The zero-order valence-corrected chi connectivity index (χ0v) is 3.44. The summed E-state index contributed by atoms with van der Waals surface area (Å²) >= 11 is 0. The molecule has 0 atom stereocenters. The summed E-state index contributed by atoms with van der Waals surface area (Å²) in [6.07, 6.45) is 3.99. The smallest absolute Gasteiger partial charge is 0.00200 e. The SMILES string of the molecule is C1=C[Cl+]C=C1. The summed E-state index contributed by atoms with van der Waals surface area (Å²) in [6.45, 7) is 0. The highest BCUT2D eigenvalue weighted by atomic mass is 35.5. The Morgan fingerprint density at radius 1 is 1.00 bits per heavy atom. The van der Waals surface area contributed by atoms with Crippen molar-refractivity contribution in [3.63, 3.8) is 0 Å². The van der Waals surface area contributed by atoms with Crippen molar-refractivity contribution in [3.05, 3.63) is 23.2 Å². The van der Waals surface area contributed by atoms with E-state index in [9.17, 15) is 0 Å². The summed E-state index contributed by atoms with van der Waals surface area (Å²) in [5, 5.41) is 0. The zero-order chi connectivity index (χ0) is 3.54. The van der Waals surface area contributed by atoms with Crippen LogP contribution in [0.3, 0.4) is 0 Å². The predicted octanol–water partition coefficient (Wildman–Crippen LogP) is 1.11. The maximum absolute atomic E-state index is 2.10. The molecule has 0 spiro atoms. The Kier molecular flexibility index (Phi) is 0.758. The Morgan fingerprint density at radius 2 is 1.60 bits per heavy atom. The third-order valence-corrected chi connectivity index (χ3v) is 0.984. The monoisotopic (exact) mass is 87.0 g/mol. The number of halogens is 1. The third kappa shape index (κ3) is 0.519. The van der Waals surface area contributed by atoms with E-state index in [2.05, 4.69) is 10.8 Å². The zero-order valence-electron chi connectivity index (χ0n) is 2.69. The minimum Gasteiger partial charge on any atom is 0.00200 e. The standard InChI is InChI=1S/C4H4Cl/c1-2-4-5-3-1/h1-4H/q+1. The number of hydrogen-bond donors (Lipinski definition) is 0. The van der Waals surface area contributed by atoms with Crippen LogP contribution < -0.4 is 0 Å². The van der Waals surface area contributed by atoms with Gasteiger partial charge in [0.15, 0.2) is 21.9 Å². The van der Waals surface area contributed by atoms with Crippen molar-refractivity contribution >= 4 is 0 Å². The molecule has 1 aliphatic heterocycles. The van der Waals surface area contributed by atoms with Gasteiger partial charge >= 0.3 is 0 Å². The van der Waals surface area contributed by atoms with Crippen molar-refractivity contribution in [3.8, 4) is 0 Å². The minimum atomic E-state index is 1.99. The molecule has 1 aliphatic rings. The molecule has 0 unspecified atom stereocenters. The number of rotatable bonds is 0. The van der Waals surface area contributed by atoms with Gasteiger partial charge in [-0.3, -0.25) is 0 Å². The minimum absolute atomic E-state index is 1.99. The molecule has 0 N–H and O–H groups in total. The summed E-state index contributed by atoms with van der Waals surface area (Å²) in [5.74, 6) is 0. The summed E-state index contributed by atoms with van der Waals surface area (Å²) < 4.78 is 0. The molecule has 5 heavy (non-hydrogen) atoms. The van der Waals surface area contributed by atoms with Gasteiger partial charge < -0.3 is 0 Å². The first-order valence-corrected chi connectivity index (χ1v) is 2.31. The molecule has 0 nitrogen and oxygen atoms in total. The topological polar surface area (TPSA) is 0 Å². The lowest BCUT2D eigenvalue weighted by Gasteiger charge is -1.33. The molecule has 0 radical (unpaired) electrons. The summed E-state index contributed by atoms with van der Waals surface area (Å²) in [7, 11) is 2.10. The van der Waals surface area contributed by atoms with E-state index in [4.69, 9.17) is 0 Å². The molecular weight excluding hydrogens is 83.5 g/mol. The number of allylic oxidation sites excluding steroid dienone is 2. The van der Waals surface area contributed by atoms with Crippen molar-refractivity contribution in [1.29, 1.82) is 0 Å². The molecule has 0 aromatic carbocycles. The molecule has 0 aromatic rings. The van der Waals surface area contributed by atoms with Crippen LogP contribution in [0.25, 0.3) is 0 Å². The second-order valence-electron chi connectivity index (χ2n) is 0.763. The first kappa shape index (κ1) is 2.98. The van der Waals surface area contributed by atoms with E-state index >= 15 is 0 Å². The van der Waals surface area contributed by atoms with E-state index in [0.29, 0.717) is 0 Å². The van der Waals surface area contributed by atoms with Crippen molar-refractivity contribution in [2.75, 3.05) is 0 Å². The third-order valence-electron chi connectivity index (χ3n) is 0.402. The lowest BCUT2D eigenvalue weighted by atomic mass is 10.6. The molecule has 0 saturated carbocycles. The van der Waals surface area contributed by atoms with Crippen molar-refractivity contribution in [2.45, 2.75) is 0 Å². The van der Waals surface area contributed by atoms with Crippen LogP contribution in [0.2, 0.25) is 0 Å². The van der Waals surface area contributed by atoms with E-state index in [1.54, 1.807) is 0 Å². The van der Waals surface area contributed by atoms with Crippen LogP contribution in [0.4, 0.5) is 0 Å². The lowest BCUT2D eigenvalue weighted by molar-refractivity contribution is -0.510. The van der Waals surface area contributed by atoms with Crippen LogP contribution in [-0.4, -0.2) is 0 Å². The Labute approximate surface area is 34.9 Å². The van der Waals surface area contributed by atoms with Gasteiger partial charge in [-0.05, 0) is 0 Å². The molecule has 0 aliphatic carbocycles. The van der Waals surface area contributed by atoms with Gasteiger partial charge in [0, 0.05) is 12.2 Å². The van der Waals surface area contributed by atoms with Crippen molar-refractivity contribution in [2.24, 2.45) is 0 Å². The average molecular weight is 87.5 g/mol. The molecule has 1 heteroatoms. The van der Waals surface area contributed by atoms with Gasteiger partial charge in [-0.1, -0.05) is 0 Å². The molecule has 0 amide bonds. The fraction of sp³-hybridized carbons (Fsp3) is 0. The van der Waals surface area contributed by atoms with E-state index in [0.717, 1.165) is 0 Å². The van der Waals surface area contributed by atoms with Crippen LogP contribution in [-0.2, 0) is 0 Å². The average Bonchev–Trinajstić information content (AvgIpc) is 1.76. The molecule has 0 bridgehead atoms. The van der Waals surface area contributed by atoms with Gasteiger partial charge in [-0.25, -0.2) is 0 Å². The van der Waals surface area contributed by atoms with Crippen molar-refractivity contribution < 1.29 is 10.8 Å². The van der Waals surface area contributed by atoms with Crippen molar-refractivity contribution in [1.82, 2.24) is 0 Å². The van der Waals surface area contributed by atoms with Crippen LogP contribution >= 0.6 is 0 Å². The summed E-state index contributed by atoms with van der Waals surface area (Å²) in [5.41, 5.74) is 3.97. The van der Waals surface area contributed by atoms with Gasteiger partial charge in [0.05, 0.1) is 0 Å². The fourth-order valence-electron chi connectivity index (χ4n) is 0.210. The highest BCUT2D eigenvalue weighted by Gasteiger charge is 1.92. The number of hydrogen-bond acceptors (Lipinski definition) is 0. The van der Waals surface area contributed by atoms with Gasteiger partial charge in [-0.15, -0.1) is 0 Å². The normalized spacial score (nSPS) is 17.6. The van der Waals surface area contributed by atoms with E-state index < -0.39 is 0 Å². The Hall–Kier alpha value is -0.230. The van der Waals surface area contributed by atoms with Crippen LogP contribution in [0.15, 0.2) is 23.2 Å². The van der Waals surface area contributed by atoms with Gasteiger partial charge in [-0.2, -0.15) is 0 Å². The molecule has 1 heterocycles. The molecule has 1 rings (SSSR count). The quantitative estimate of drug-likeness (QED) is 0.415. The molecule has 0 fully saturated rings. The molecule has 0 saturated heterocycles. The van der Waals surface area contributed by atoms with Crippen LogP contribution in [0, 0.1) is 10.8 Å². The lowest BCUT2D eigenvalue weighted by Crippen LogP contribution is -1.43. The van der Waals surface area contributed by atoms with E-state index in [1.807, 2.05) is 23.2 Å². The van der Waals surface area contributed by atoms with Gasteiger partial charge in [0.25, 0.3) is 0 Å². The Balaban J connectivity index is 2.61. The molecule has 26 valence electrons. The van der Waals surface area contributed by atoms with Crippen LogP contribution in [0.5, 0.6) is 0 Å².